The number of rotatable bonds is 4. The molecular weight excluding hydrogens is 416 g/mol. The van der Waals surface area contributed by atoms with Crippen LogP contribution >= 0.6 is 0 Å². The highest BCUT2D eigenvalue weighted by Gasteiger charge is 2.34. The van der Waals surface area contributed by atoms with Crippen molar-refractivity contribution in [3.05, 3.63) is 81.4 Å². The highest BCUT2D eigenvalue weighted by molar-refractivity contribution is 5.80. The van der Waals surface area contributed by atoms with Crippen molar-refractivity contribution >= 4 is 10.9 Å². The predicted molar refractivity (Wildman–Crippen MR) is 126 cm³/mol. The number of fused-ring (bicyclic) bond motifs is 2. The van der Waals surface area contributed by atoms with Crippen molar-refractivity contribution in [2.75, 3.05) is 13.7 Å². The van der Waals surface area contributed by atoms with Crippen molar-refractivity contribution in [2.45, 2.75) is 45.3 Å². The number of aromatic amines is 1. The average Bonchev–Trinajstić information content (AvgIpc) is 3.29. The molecule has 2 aromatic carbocycles. The van der Waals surface area contributed by atoms with Gasteiger partial charge in [0.15, 0.2) is 5.82 Å². The number of H-pyrrole nitrogens is 1. The summed E-state index contributed by atoms with van der Waals surface area (Å²) in [5.41, 5.74) is 3.53. The van der Waals surface area contributed by atoms with E-state index in [1.54, 1.807) is 7.11 Å². The van der Waals surface area contributed by atoms with Crippen LogP contribution in [0.2, 0.25) is 0 Å². The zero-order valence-corrected chi connectivity index (χ0v) is 19.4. The third-order valence-corrected chi connectivity index (χ3v) is 6.27. The summed E-state index contributed by atoms with van der Waals surface area (Å²) in [6.07, 6.45) is 0.906. The van der Waals surface area contributed by atoms with Gasteiger partial charge in [0, 0.05) is 29.6 Å². The Kier molecular flexibility index (Phi) is 5.25. The first-order valence-electron chi connectivity index (χ1n) is 11.2. The fraction of sp³-hybridized carbons (Fsp3) is 0.360. The van der Waals surface area contributed by atoms with Gasteiger partial charge in [0.2, 0.25) is 0 Å². The van der Waals surface area contributed by atoms with Gasteiger partial charge in [-0.3, -0.25) is 9.69 Å². The van der Waals surface area contributed by atoms with Crippen molar-refractivity contribution in [2.24, 2.45) is 0 Å². The number of methoxy groups -OCH3 is 1. The Balaban J connectivity index is 1.69. The van der Waals surface area contributed by atoms with Crippen LogP contribution in [0.15, 0.2) is 53.3 Å². The van der Waals surface area contributed by atoms with Gasteiger partial charge in [0.1, 0.15) is 11.8 Å². The molecule has 8 heteroatoms. The summed E-state index contributed by atoms with van der Waals surface area (Å²) in [7, 11) is 1.64. The van der Waals surface area contributed by atoms with Crippen LogP contribution in [0, 0.1) is 0 Å². The quantitative estimate of drug-likeness (QED) is 0.519. The maximum Gasteiger partial charge on any atom is 0.253 e. The minimum absolute atomic E-state index is 0.139. The molecule has 0 saturated heterocycles. The lowest BCUT2D eigenvalue weighted by Gasteiger charge is -2.36. The zero-order valence-electron chi connectivity index (χ0n) is 19.4. The van der Waals surface area contributed by atoms with Crippen molar-refractivity contribution in [1.29, 1.82) is 0 Å². The minimum atomic E-state index is -0.396. The van der Waals surface area contributed by atoms with Crippen molar-refractivity contribution < 1.29 is 4.74 Å². The van der Waals surface area contributed by atoms with Crippen LogP contribution in [-0.2, 0) is 18.5 Å². The Labute approximate surface area is 192 Å². The van der Waals surface area contributed by atoms with Gasteiger partial charge < -0.3 is 9.72 Å². The highest BCUT2D eigenvalue weighted by Crippen LogP contribution is 2.33. The molecule has 8 nitrogen and oxygen atoms in total. The third kappa shape index (κ3) is 3.91. The molecule has 0 amide bonds. The number of nitrogens with one attached hydrogen (secondary N) is 1. The summed E-state index contributed by atoms with van der Waals surface area (Å²) in [4.78, 5) is 18.7. The average molecular weight is 445 g/mol. The molecular formula is C25H28N6O2. The Bertz CT molecular complexity index is 1370. The van der Waals surface area contributed by atoms with Gasteiger partial charge in [0.25, 0.3) is 5.56 Å². The van der Waals surface area contributed by atoms with Crippen LogP contribution in [-0.4, -0.2) is 43.7 Å². The fourth-order valence-electron chi connectivity index (χ4n) is 4.61. The van der Waals surface area contributed by atoms with Gasteiger partial charge in [-0.15, -0.1) is 5.10 Å². The number of tetrazole rings is 1. The van der Waals surface area contributed by atoms with E-state index in [9.17, 15) is 4.79 Å². The highest BCUT2D eigenvalue weighted by atomic mass is 16.5. The summed E-state index contributed by atoms with van der Waals surface area (Å²) in [6, 6.07) is 15.7. The smallest absolute Gasteiger partial charge is 0.253 e. The normalized spacial score (nSPS) is 15.4. The number of hydrogen-bond donors (Lipinski definition) is 1. The van der Waals surface area contributed by atoms with Crippen LogP contribution in [0.1, 0.15) is 49.3 Å². The van der Waals surface area contributed by atoms with E-state index in [2.05, 4.69) is 70.4 Å². The Hall–Kier alpha value is -3.52. The molecule has 4 aromatic rings. The number of aromatic nitrogens is 5. The van der Waals surface area contributed by atoms with Crippen LogP contribution < -0.4 is 10.3 Å². The second kappa shape index (κ2) is 8.12. The largest absolute Gasteiger partial charge is 0.497 e. The summed E-state index contributed by atoms with van der Waals surface area (Å²) < 4.78 is 7.23. The maximum atomic E-state index is 13.4. The van der Waals surface area contributed by atoms with Gasteiger partial charge in [-0.25, -0.2) is 4.68 Å². The van der Waals surface area contributed by atoms with Crippen molar-refractivity contribution in [3.63, 3.8) is 0 Å². The molecule has 0 spiro atoms. The summed E-state index contributed by atoms with van der Waals surface area (Å²) in [6.45, 7) is 7.70. The van der Waals surface area contributed by atoms with Gasteiger partial charge in [-0.05, 0) is 73.0 Å². The van der Waals surface area contributed by atoms with Crippen LogP contribution in [0.25, 0.3) is 10.9 Å². The molecule has 0 bridgehead atoms. The van der Waals surface area contributed by atoms with E-state index in [-0.39, 0.29) is 11.1 Å². The topological polar surface area (TPSA) is 88.9 Å². The molecule has 1 N–H and O–H groups in total. The molecule has 5 rings (SSSR count). The van der Waals surface area contributed by atoms with E-state index in [0.717, 1.165) is 29.6 Å². The molecule has 0 fully saturated rings. The van der Waals surface area contributed by atoms with Gasteiger partial charge >= 0.3 is 0 Å². The van der Waals surface area contributed by atoms with Crippen LogP contribution in [0.5, 0.6) is 5.75 Å². The lowest BCUT2D eigenvalue weighted by molar-refractivity contribution is 0.185. The minimum Gasteiger partial charge on any atom is -0.497 e. The van der Waals surface area contributed by atoms with E-state index in [1.165, 1.54) is 11.1 Å². The molecule has 3 heterocycles. The van der Waals surface area contributed by atoms with E-state index < -0.39 is 6.04 Å². The lowest BCUT2D eigenvalue weighted by Crippen LogP contribution is -2.40. The first-order chi connectivity index (χ1) is 15.8. The third-order valence-electron chi connectivity index (χ3n) is 6.27. The predicted octanol–water partition coefficient (Wildman–Crippen LogP) is 3.43. The molecule has 1 aliphatic rings. The SMILES string of the molecule is COc1ccc2[nH]c(=O)c([C@@H](c3nnnn3C(C)(C)C)N3CCc4ccccc4C3)cc2c1. The monoisotopic (exact) mass is 444 g/mol. The number of nitrogens with zero attached hydrogens (tertiary/aromatic N) is 5. The van der Waals surface area contributed by atoms with E-state index in [4.69, 9.17) is 4.74 Å². The van der Waals surface area contributed by atoms with Gasteiger partial charge in [-0.1, -0.05) is 24.3 Å². The molecule has 1 atom stereocenters. The number of hydrogen-bond acceptors (Lipinski definition) is 6. The fourth-order valence-corrected chi connectivity index (χ4v) is 4.61. The first-order valence-corrected chi connectivity index (χ1v) is 11.2. The maximum absolute atomic E-state index is 13.4. The summed E-state index contributed by atoms with van der Waals surface area (Å²) in [5, 5.41) is 13.6. The van der Waals surface area contributed by atoms with Crippen molar-refractivity contribution in [3.8, 4) is 5.75 Å². The van der Waals surface area contributed by atoms with Crippen LogP contribution in [0.4, 0.5) is 0 Å². The lowest BCUT2D eigenvalue weighted by atomic mass is 9.95. The van der Waals surface area contributed by atoms with E-state index in [0.29, 0.717) is 17.9 Å². The van der Waals surface area contributed by atoms with Gasteiger partial charge in [-0.2, -0.15) is 0 Å². The van der Waals surface area contributed by atoms with Crippen LogP contribution in [0.3, 0.4) is 0 Å². The molecule has 0 saturated carbocycles. The summed E-state index contributed by atoms with van der Waals surface area (Å²) >= 11 is 0. The number of ether oxygens (including phenoxy) is 1. The van der Waals surface area contributed by atoms with E-state index in [1.807, 2.05) is 28.9 Å². The molecule has 0 unspecified atom stereocenters. The second-order valence-electron chi connectivity index (χ2n) is 9.52. The van der Waals surface area contributed by atoms with E-state index >= 15 is 0 Å². The molecule has 33 heavy (non-hydrogen) atoms. The number of pyridine rings is 1. The van der Waals surface area contributed by atoms with Gasteiger partial charge in [0.05, 0.1) is 12.6 Å². The second-order valence-corrected chi connectivity index (χ2v) is 9.52. The Morgan fingerprint density at radius 2 is 1.88 bits per heavy atom. The molecule has 0 radical (unpaired) electrons. The zero-order chi connectivity index (χ0) is 23.2. The Morgan fingerprint density at radius 1 is 1.09 bits per heavy atom. The standard InChI is InChI=1S/C25H28N6O2/c1-25(2,3)31-23(27-28-29-31)22(30-12-11-16-7-5-6-8-17(16)15-30)20-14-18-13-19(33-4)9-10-21(18)26-24(20)32/h5-10,13-14,22H,11-12,15H2,1-4H3,(H,26,32)/t22-/m0/s1. The Morgan fingerprint density at radius 3 is 2.64 bits per heavy atom. The molecule has 0 aliphatic carbocycles. The molecule has 2 aromatic heterocycles. The summed E-state index contributed by atoms with van der Waals surface area (Å²) in [5.74, 6) is 1.40. The number of benzene rings is 2. The van der Waals surface area contributed by atoms with Crippen molar-refractivity contribution in [1.82, 2.24) is 30.1 Å². The first kappa shape index (κ1) is 21.3. The molecule has 1 aliphatic heterocycles. The molecule has 170 valence electrons.